The lowest BCUT2D eigenvalue weighted by molar-refractivity contribution is 0.0225. The molecular weight excluding hydrogens is 424 g/mol. The third kappa shape index (κ3) is 9.96. The minimum Gasteiger partial charge on any atom is -0.378 e. The highest BCUT2D eigenvalue weighted by Gasteiger charge is 2.28. The fourth-order valence-corrected chi connectivity index (χ4v) is 7.10. The molecule has 0 N–H and O–H groups in total. The summed E-state index contributed by atoms with van der Waals surface area (Å²) in [6.45, 7) is 5.56. The molecular formula is C29H52N2OS. The molecule has 2 aliphatic carbocycles. The van der Waals surface area contributed by atoms with Crippen molar-refractivity contribution in [2.75, 3.05) is 6.61 Å². The molecule has 0 atom stereocenters. The van der Waals surface area contributed by atoms with Gasteiger partial charge in [0.15, 0.2) is 0 Å². The van der Waals surface area contributed by atoms with Crippen LogP contribution in [-0.2, 0) is 4.74 Å². The van der Waals surface area contributed by atoms with Gasteiger partial charge in [0.2, 0.25) is 0 Å². The third-order valence-electron chi connectivity index (χ3n) is 8.24. The molecule has 0 unspecified atom stereocenters. The summed E-state index contributed by atoms with van der Waals surface area (Å²) in [5, 5.41) is 12.0. The van der Waals surface area contributed by atoms with E-state index in [1.54, 1.807) is 0 Å². The maximum absolute atomic E-state index is 6.23. The molecule has 0 saturated heterocycles. The molecule has 4 heteroatoms. The highest BCUT2D eigenvalue weighted by Crippen LogP contribution is 2.41. The first-order valence-electron chi connectivity index (χ1n) is 14.7. The Bertz CT molecular complexity index is 603. The molecule has 0 amide bonds. The number of unbranched alkanes of at least 4 members (excludes halogenated alkanes) is 9. The highest BCUT2D eigenvalue weighted by molar-refractivity contribution is 7.11. The smallest absolute Gasteiger partial charge is 0.120 e. The van der Waals surface area contributed by atoms with Crippen LogP contribution >= 0.6 is 11.3 Å². The second-order valence-corrected chi connectivity index (χ2v) is 12.1. The number of nitrogens with zero attached hydrogens (tertiary/aromatic N) is 2. The summed E-state index contributed by atoms with van der Waals surface area (Å²) in [6.07, 6.45) is 27.5. The SMILES string of the molecule is CCCCCCCCCCOC1CCC(c2nnc(C3CCC(CCCCC)CC3)s2)CC1. The number of hydrogen-bond donors (Lipinski definition) is 0. The Morgan fingerprint density at radius 2 is 1.15 bits per heavy atom. The summed E-state index contributed by atoms with van der Waals surface area (Å²) in [5.74, 6) is 2.29. The lowest BCUT2D eigenvalue weighted by atomic mass is 9.80. The minimum absolute atomic E-state index is 0.487. The van der Waals surface area contributed by atoms with Crippen molar-refractivity contribution in [2.24, 2.45) is 5.92 Å². The first kappa shape index (κ1) is 27.1. The average molecular weight is 477 g/mol. The Morgan fingerprint density at radius 3 is 1.76 bits per heavy atom. The van der Waals surface area contributed by atoms with Crippen molar-refractivity contribution >= 4 is 11.3 Å². The maximum atomic E-state index is 6.23. The van der Waals surface area contributed by atoms with Gasteiger partial charge in [0.05, 0.1) is 6.10 Å². The molecule has 3 rings (SSSR count). The van der Waals surface area contributed by atoms with Gasteiger partial charge < -0.3 is 4.74 Å². The molecule has 3 nitrogen and oxygen atoms in total. The van der Waals surface area contributed by atoms with E-state index in [2.05, 4.69) is 24.0 Å². The third-order valence-corrected chi connectivity index (χ3v) is 9.49. The molecule has 0 bridgehead atoms. The van der Waals surface area contributed by atoms with Crippen LogP contribution in [0.15, 0.2) is 0 Å². The summed E-state index contributed by atoms with van der Waals surface area (Å²) >= 11 is 1.94. The number of hydrogen-bond acceptors (Lipinski definition) is 4. The van der Waals surface area contributed by atoms with Crippen LogP contribution in [0.25, 0.3) is 0 Å². The molecule has 2 aliphatic rings. The molecule has 2 saturated carbocycles. The lowest BCUT2D eigenvalue weighted by Crippen LogP contribution is -2.21. The first-order valence-corrected chi connectivity index (χ1v) is 15.6. The van der Waals surface area contributed by atoms with E-state index in [9.17, 15) is 0 Å². The molecule has 1 aromatic rings. The van der Waals surface area contributed by atoms with Gasteiger partial charge in [-0.05, 0) is 63.7 Å². The molecule has 33 heavy (non-hydrogen) atoms. The average Bonchev–Trinajstić information content (AvgIpc) is 3.34. The second-order valence-electron chi connectivity index (χ2n) is 11.0. The van der Waals surface area contributed by atoms with Crippen LogP contribution in [-0.4, -0.2) is 22.9 Å². The van der Waals surface area contributed by atoms with Crippen LogP contribution in [0.5, 0.6) is 0 Å². The Morgan fingerprint density at radius 1 is 0.636 bits per heavy atom. The zero-order chi connectivity index (χ0) is 23.1. The van der Waals surface area contributed by atoms with Gasteiger partial charge in [-0.2, -0.15) is 0 Å². The summed E-state index contributed by atoms with van der Waals surface area (Å²) in [7, 11) is 0. The van der Waals surface area contributed by atoms with E-state index >= 15 is 0 Å². The van der Waals surface area contributed by atoms with Crippen molar-refractivity contribution in [3.8, 4) is 0 Å². The van der Waals surface area contributed by atoms with E-state index in [4.69, 9.17) is 4.74 Å². The van der Waals surface area contributed by atoms with Crippen LogP contribution in [0, 0.1) is 5.92 Å². The number of ether oxygens (including phenoxy) is 1. The summed E-state index contributed by atoms with van der Waals surface area (Å²) < 4.78 is 6.23. The molecule has 0 aromatic carbocycles. The van der Waals surface area contributed by atoms with E-state index in [1.807, 2.05) is 11.3 Å². The molecule has 1 aromatic heterocycles. The van der Waals surface area contributed by atoms with Crippen molar-refractivity contribution in [2.45, 2.75) is 160 Å². The molecule has 0 aliphatic heterocycles. The quantitative estimate of drug-likeness (QED) is 0.223. The van der Waals surface area contributed by atoms with E-state index in [0.717, 1.165) is 12.5 Å². The summed E-state index contributed by atoms with van der Waals surface area (Å²) in [5.41, 5.74) is 0. The fraction of sp³-hybridized carbons (Fsp3) is 0.931. The second kappa shape index (κ2) is 16.2. The fourth-order valence-electron chi connectivity index (χ4n) is 5.92. The molecule has 190 valence electrons. The van der Waals surface area contributed by atoms with Gasteiger partial charge in [-0.25, -0.2) is 0 Å². The standard InChI is InChI=1S/C29H52N2OS/c1-3-5-7-8-9-10-11-13-23-32-27-21-19-26(20-22-27)29-31-30-28(33-29)25-17-15-24(16-18-25)14-12-6-4-2/h24-27H,3-23H2,1-2H3. The van der Waals surface area contributed by atoms with Gasteiger partial charge in [0.1, 0.15) is 10.0 Å². The van der Waals surface area contributed by atoms with Crippen molar-refractivity contribution in [1.29, 1.82) is 0 Å². The van der Waals surface area contributed by atoms with E-state index in [-0.39, 0.29) is 0 Å². The highest BCUT2D eigenvalue weighted by atomic mass is 32.1. The van der Waals surface area contributed by atoms with Gasteiger partial charge in [-0.3, -0.25) is 0 Å². The predicted octanol–water partition coefficient (Wildman–Crippen LogP) is 9.58. The van der Waals surface area contributed by atoms with Crippen molar-refractivity contribution < 1.29 is 4.74 Å². The Balaban J connectivity index is 1.26. The predicted molar refractivity (Wildman–Crippen MR) is 142 cm³/mol. The van der Waals surface area contributed by atoms with Gasteiger partial charge in [-0.15, -0.1) is 21.5 Å². The monoisotopic (exact) mass is 476 g/mol. The van der Waals surface area contributed by atoms with Gasteiger partial charge in [-0.1, -0.05) is 84.5 Å². The summed E-state index contributed by atoms with van der Waals surface area (Å²) in [4.78, 5) is 0. The Labute approximate surface area is 208 Å². The van der Waals surface area contributed by atoms with Crippen LogP contribution < -0.4 is 0 Å². The van der Waals surface area contributed by atoms with Crippen molar-refractivity contribution in [3.63, 3.8) is 0 Å². The molecule has 0 spiro atoms. The Kier molecular flexibility index (Phi) is 13.3. The van der Waals surface area contributed by atoms with Gasteiger partial charge in [0, 0.05) is 18.4 Å². The van der Waals surface area contributed by atoms with Gasteiger partial charge in [0.25, 0.3) is 0 Å². The van der Waals surface area contributed by atoms with E-state index < -0.39 is 0 Å². The van der Waals surface area contributed by atoms with Crippen LogP contribution in [0.2, 0.25) is 0 Å². The lowest BCUT2D eigenvalue weighted by Gasteiger charge is -2.27. The van der Waals surface area contributed by atoms with Crippen molar-refractivity contribution in [1.82, 2.24) is 10.2 Å². The first-order chi connectivity index (χ1) is 16.3. The molecule has 2 fully saturated rings. The zero-order valence-electron chi connectivity index (χ0n) is 21.9. The normalized spacial score (nSPS) is 26.0. The minimum atomic E-state index is 0.487. The topological polar surface area (TPSA) is 35.0 Å². The van der Waals surface area contributed by atoms with Crippen LogP contribution in [0.1, 0.15) is 164 Å². The maximum Gasteiger partial charge on any atom is 0.120 e. The number of aromatic nitrogens is 2. The van der Waals surface area contributed by atoms with Crippen molar-refractivity contribution in [3.05, 3.63) is 10.0 Å². The molecule has 0 radical (unpaired) electrons. The van der Waals surface area contributed by atoms with Crippen LogP contribution in [0.4, 0.5) is 0 Å². The van der Waals surface area contributed by atoms with E-state index in [1.165, 1.54) is 138 Å². The zero-order valence-corrected chi connectivity index (χ0v) is 22.7. The summed E-state index contributed by atoms with van der Waals surface area (Å²) in [6, 6.07) is 0. The molecule has 1 heterocycles. The van der Waals surface area contributed by atoms with Crippen LogP contribution in [0.3, 0.4) is 0 Å². The largest absolute Gasteiger partial charge is 0.378 e. The van der Waals surface area contributed by atoms with E-state index in [0.29, 0.717) is 17.9 Å². The van der Waals surface area contributed by atoms with Gasteiger partial charge >= 0.3 is 0 Å². The number of rotatable bonds is 16. The Hall–Kier alpha value is -0.480.